The fourth-order valence-corrected chi connectivity index (χ4v) is 5.13. The molecule has 1 N–H and O–H groups in total. The molecule has 2 aliphatic rings. The molecule has 0 bridgehead atoms. The number of hydrogen-bond acceptors (Lipinski definition) is 7. The largest absolute Gasteiger partial charge is 0.467 e. The van der Waals surface area contributed by atoms with Crippen LogP contribution in [0.4, 0.5) is 5.13 Å². The van der Waals surface area contributed by atoms with E-state index in [2.05, 4.69) is 10.3 Å². The van der Waals surface area contributed by atoms with Gasteiger partial charge in [-0.2, -0.15) is 0 Å². The molecule has 2 amide bonds. The maximum atomic E-state index is 13.1. The van der Waals surface area contributed by atoms with Crippen molar-refractivity contribution in [3.63, 3.8) is 0 Å². The third-order valence-electron chi connectivity index (χ3n) is 5.70. The molecule has 29 heavy (non-hydrogen) atoms. The van der Waals surface area contributed by atoms with E-state index in [1.807, 2.05) is 0 Å². The zero-order valence-corrected chi connectivity index (χ0v) is 16.9. The molecule has 1 saturated heterocycles. The van der Waals surface area contributed by atoms with E-state index in [0.717, 1.165) is 25.7 Å². The number of hydrogen-bond donors (Lipinski definition) is 1. The number of nitrogens with zero attached hydrogens (tertiary/aromatic N) is 2. The highest BCUT2D eigenvalue weighted by molar-refractivity contribution is 7.14. The summed E-state index contributed by atoms with van der Waals surface area (Å²) >= 11 is 1.25. The van der Waals surface area contributed by atoms with Crippen molar-refractivity contribution in [2.24, 2.45) is 5.92 Å². The van der Waals surface area contributed by atoms with Crippen molar-refractivity contribution in [2.75, 3.05) is 12.4 Å². The summed E-state index contributed by atoms with van der Waals surface area (Å²) < 4.78 is 10.0. The van der Waals surface area contributed by atoms with Crippen molar-refractivity contribution in [3.05, 3.63) is 35.2 Å². The Morgan fingerprint density at radius 2 is 2.17 bits per heavy atom. The molecule has 1 aliphatic carbocycles. The Labute approximate surface area is 172 Å². The van der Waals surface area contributed by atoms with Crippen molar-refractivity contribution in [3.8, 4) is 0 Å². The minimum atomic E-state index is -0.516. The summed E-state index contributed by atoms with van der Waals surface area (Å²) in [5.74, 6) is -0.312. The van der Waals surface area contributed by atoms with Crippen molar-refractivity contribution < 1.29 is 23.5 Å². The zero-order valence-electron chi connectivity index (χ0n) is 16.1. The minimum Gasteiger partial charge on any atom is -0.467 e. The molecule has 0 spiro atoms. The molecule has 1 saturated carbocycles. The van der Waals surface area contributed by atoms with E-state index < -0.39 is 11.9 Å². The number of furan rings is 1. The molecule has 2 aromatic rings. The van der Waals surface area contributed by atoms with Crippen LogP contribution < -0.4 is 5.32 Å². The third kappa shape index (κ3) is 4.05. The van der Waals surface area contributed by atoms with Crippen LogP contribution in [0.2, 0.25) is 0 Å². The van der Waals surface area contributed by atoms with Gasteiger partial charge in [-0.1, -0.05) is 12.8 Å². The molecule has 154 valence electrons. The lowest BCUT2D eigenvalue weighted by molar-refractivity contribution is -0.152. The second-order valence-electron chi connectivity index (χ2n) is 7.44. The first-order valence-electron chi connectivity index (χ1n) is 9.75. The third-order valence-corrected chi connectivity index (χ3v) is 6.51. The average molecular weight is 417 g/mol. The van der Waals surface area contributed by atoms with Crippen LogP contribution >= 0.6 is 11.3 Å². The summed E-state index contributed by atoms with van der Waals surface area (Å²) in [5, 5.41) is 4.81. The summed E-state index contributed by atoms with van der Waals surface area (Å²) in [6, 6.07) is 2.77. The molecule has 8 nitrogen and oxygen atoms in total. The van der Waals surface area contributed by atoms with Crippen LogP contribution in [-0.4, -0.2) is 46.9 Å². The van der Waals surface area contributed by atoms with Gasteiger partial charge >= 0.3 is 5.97 Å². The Bertz CT molecular complexity index is 894. The Hall–Kier alpha value is -2.68. The van der Waals surface area contributed by atoms with Gasteiger partial charge in [0.05, 0.1) is 25.5 Å². The second kappa shape index (κ2) is 8.36. The number of ether oxygens (including phenoxy) is 1. The van der Waals surface area contributed by atoms with Crippen molar-refractivity contribution >= 4 is 34.3 Å². The monoisotopic (exact) mass is 417 g/mol. The minimum absolute atomic E-state index is 0.0871. The molecule has 1 aliphatic heterocycles. The van der Waals surface area contributed by atoms with E-state index in [9.17, 15) is 14.4 Å². The van der Waals surface area contributed by atoms with Gasteiger partial charge in [-0.3, -0.25) is 14.9 Å². The molecule has 3 atom stereocenters. The predicted molar refractivity (Wildman–Crippen MR) is 105 cm³/mol. The van der Waals surface area contributed by atoms with Gasteiger partial charge in [0, 0.05) is 11.4 Å². The number of esters is 1. The first-order chi connectivity index (χ1) is 14.1. The van der Waals surface area contributed by atoms with Crippen LogP contribution in [-0.2, 0) is 20.7 Å². The number of amides is 2. The Morgan fingerprint density at radius 3 is 2.93 bits per heavy atom. The van der Waals surface area contributed by atoms with E-state index >= 15 is 0 Å². The number of fused-ring (bicyclic) bond motifs is 1. The predicted octanol–water partition coefficient (Wildman–Crippen LogP) is 2.86. The maximum absolute atomic E-state index is 13.1. The molecule has 2 fully saturated rings. The van der Waals surface area contributed by atoms with Crippen molar-refractivity contribution in [1.82, 2.24) is 9.88 Å². The topological polar surface area (TPSA) is 102 Å². The van der Waals surface area contributed by atoms with E-state index in [-0.39, 0.29) is 30.1 Å². The molecule has 2 aromatic heterocycles. The van der Waals surface area contributed by atoms with Crippen LogP contribution in [0.3, 0.4) is 0 Å². The first-order valence-corrected chi connectivity index (χ1v) is 10.6. The number of methoxy groups -OCH3 is 1. The first kappa shape index (κ1) is 19.6. The van der Waals surface area contributed by atoms with E-state index in [4.69, 9.17) is 9.15 Å². The van der Waals surface area contributed by atoms with Gasteiger partial charge in [-0.15, -0.1) is 11.3 Å². The van der Waals surface area contributed by atoms with E-state index in [1.165, 1.54) is 24.7 Å². The maximum Gasteiger partial charge on any atom is 0.328 e. The lowest BCUT2D eigenvalue weighted by atomic mass is 9.84. The smallest absolute Gasteiger partial charge is 0.328 e. The van der Waals surface area contributed by atoms with Gasteiger partial charge in [-0.05, 0) is 37.3 Å². The Balaban J connectivity index is 1.44. The number of rotatable bonds is 5. The van der Waals surface area contributed by atoms with Crippen LogP contribution in [0.5, 0.6) is 0 Å². The van der Waals surface area contributed by atoms with E-state index in [0.29, 0.717) is 23.2 Å². The summed E-state index contributed by atoms with van der Waals surface area (Å²) in [7, 11) is 1.36. The van der Waals surface area contributed by atoms with Crippen LogP contribution in [0.25, 0.3) is 0 Å². The average Bonchev–Trinajstić information content (AvgIpc) is 3.46. The fourth-order valence-electron chi connectivity index (χ4n) is 4.42. The van der Waals surface area contributed by atoms with Gasteiger partial charge in [0.2, 0.25) is 5.91 Å². The standard InChI is InChI=1S/C20H23N3O5S/c1-27-19(26)15-9-12-5-2-3-6-14(12)23(15)17(24)10-13-11-29-20(21-13)22-18(25)16-7-4-8-28-16/h4,7-8,11-12,14-15H,2-3,5-6,9-10H2,1H3,(H,21,22,25). The molecule has 3 unspecified atom stereocenters. The van der Waals surface area contributed by atoms with Crippen molar-refractivity contribution in [2.45, 2.75) is 50.6 Å². The summed E-state index contributed by atoms with van der Waals surface area (Å²) in [5.41, 5.74) is 0.567. The number of nitrogens with one attached hydrogen (secondary N) is 1. The number of aromatic nitrogens is 1. The highest BCUT2D eigenvalue weighted by atomic mass is 32.1. The number of anilines is 1. The SMILES string of the molecule is COC(=O)C1CC2CCCCC2N1C(=O)Cc1csc(NC(=O)c2ccco2)n1. The molecule has 0 radical (unpaired) electrons. The van der Waals surface area contributed by atoms with Gasteiger partial charge in [0.15, 0.2) is 10.9 Å². The van der Waals surface area contributed by atoms with Gasteiger partial charge in [0.1, 0.15) is 6.04 Å². The summed E-state index contributed by atoms with van der Waals surface area (Å²) in [6.07, 6.45) is 6.36. The normalized spacial score (nSPS) is 23.5. The second-order valence-corrected chi connectivity index (χ2v) is 8.30. The van der Waals surface area contributed by atoms with Crippen molar-refractivity contribution in [1.29, 1.82) is 0 Å². The number of carbonyl (C=O) groups is 3. The molecule has 9 heteroatoms. The molecule has 4 rings (SSSR count). The molecule has 3 heterocycles. The fraction of sp³-hybridized carbons (Fsp3) is 0.500. The van der Waals surface area contributed by atoms with Crippen LogP contribution in [0.1, 0.15) is 48.4 Å². The number of likely N-dealkylation sites (tertiary alicyclic amines) is 1. The highest BCUT2D eigenvalue weighted by Gasteiger charge is 2.47. The lowest BCUT2D eigenvalue weighted by Gasteiger charge is -2.33. The Morgan fingerprint density at radius 1 is 1.34 bits per heavy atom. The van der Waals surface area contributed by atoms with E-state index in [1.54, 1.807) is 22.4 Å². The highest BCUT2D eigenvalue weighted by Crippen LogP contribution is 2.40. The summed E-state index contributed by atoms with van der Waals surface area (Å²) in [4.78, 5) is 43.5. The number of carbonyl (C=O) groups excluding carboxylic acids is 3. The van der Waals surface area contributed by atoms with Crippen LogP contribution in [0.15, 0.2) is 28.2 Å². The Kier molecular flexibility index (Phi) is 5.66. The quantitative estimate of drug-likeness (QED) is 0.751. The molecular formula is C20H23N3O5S. The summed E-state index contributed by atoms with van der Waals surface area (Å²) in [6.45, 7) is 0. The van der Waals surface area contributed by atoms with Gasteiger partial charge in [-0.25, -0.2) is 9.78 Å². The van der Waals surface area contributed by atoms with Gasteiger partial charge in [0.25, 0.3) is 5.91 Å². The van der Waals surface area contributed by atoms with Gasteiger partial charge < -0.3 is 14.1 Å². The molecule has 0 aromatic carbocycles. The molecular weight excluding hydrogens is 394 g/mol. The van der Waals surface area contributed by atoms with Crippen LogP contribution in [0, 0.1) is 5.92 Å². The zero-order chi connectivity index (χ0) is 20.4. The number of thiazole rings is 1. The lowest BCUT2D eigenvalue weighted by Crippen LogP contribution is -2.47.